The molecule has 1 aliphatic rings. The first-order chi connectivity index (χ1) is 6.18. The maximum atomic E-state index is 10.9. The maximum absolute atomic E-state index is 10.9. The van der Waals surface area contributed by atoms with Crippen LogP contribution in [0.3, 0.4) is 0 Å². The van der Waals surface area contributed by atoms with E-state index in [1.165, 1.54) is 0 Å². The maximum Gasteiger partial charge on any atom is 0.331 e. The molecule has 0 atom stereocenters. The lowest BCUT2D eigenvalue weighted by Gasteiger charge is -2.04. The van der Waals surface area contributed by atoms with Crippen molar-refractivity contribution in [2.24, 2.45) is 0 Å². The Morgan fingerprint density at radius 2 is 1.85 bits per heavy atom. The number of carboxylic acid groups (broad SMARTS) is 1. The predicted molar refractivity (Wildman–Crippen MR) is 44.9 cm³/mol. The fraction of sp³-hybridized carbons (Fsp3) is 0.111. The molecule has 0 aromatic rings. The monoisotopic (exact) mass is 180 g/mol. The standard InChI is InChI=1S/C9H8O4/c10-8(11)5-6-9(12)13-7-3-1-2-4-7/h1-7H,(H,10,11)/b6-5-. The van der Waals surface area contributed by atoms with Crippen LogP contribution >= 0.6 is 0 Å². The van der Waals surface area contributed by atoms with Crippen LogP contribution in [0.1, 0.15) is 0 Å². The number of hydrogen-bond donors (Lipinski definition) is 1. The molecule has 68 valence electrons. The highest BCUT2D eigenvalue weighted by Gasteiger charge is 2.07. The van der Waals surface area contributed by atoms with Gasteiger partial charge in [0.2, 0.25) is 0 Å². The van der Waals surface area contributed by atoms with Gasteiger partial charge in [-0.25, -0.2) is 9.59 Å². The van der Waals surface area contributed by atoms with Gasteiger partial charge in [-0.05, 0) is 12.2 Å². The zero-order chi connectivity index (χ0) is 9.68. The first-order valence-corrected chi connectivity index (χ1v) is 3.65. The molecule has 0 saturated heterocycles. The number of rotatable bonds is 3. The van der Waals surface area contributed by atoms with E-state index in [0.29, 0.717) is 0 Å². The third-order valence-electron chi connectivity index (χ3n) is 1.33. The molecule has 0 amide bonds. The summed E-state index contributed by atoms with van der Waals surface area (Å²) in [5, 5.41) is 8.20. The molecule has 0 saturated carbocycles. The Morgan fingerprint density at radius 3 is 2.38 bits per heavy atom. The molecule has 0 radical (unpaired) electrons. The summed E-state index contributed by atoms with van der Waals surface area (Å²) in [5.74, 6) is -1.84. The van der Waals surface area contributed by atoms with E-state index in [1.54, 1.807) is 24.3 Å². The van der Waals surface area contributed by atoms with Gasteiger partial charge in [0.15, 0.2) is 0 Å². The second-order valence-electron chi connectivity index (χ2n) is 2.34. The first-order valence-electron chi connectivity index (χ1n) is 3.65. The zero-order valence-corrected chi connectivity index (χ0v) is 6.71. The van der Waals surface area contributed by atoms with Crippen molar-refractivity contribution in [1.82, 2.24) is 0 Å². The van der Waals surface area contributed by atoms with Gasteiger partial charge in [-0.3, -0.25) is 0 Å². The Kier molecular flexibility index (Phi) is 3.03. The van der Waals surface area contributed by atoms with Crippen LogP contribution in [-0.2, 0) is 14.3 Å². The van der Waals surface area contributed by atoms with Crippen molar-refractivity contribution in [3.63, 3.8) is 0 Å². The fourth-order valence-electron chi connectivity index (χ4n) is 0.803. The second-order valence-corrected chi connectivity index (χ2v) is 2.34. The van der Waals surface area contributed by atoms with Gasteiger partial charge >= 0.3 is 11.9 Å². The van der Waals surface area contributed by atoms with Crippen molar-refractivity contribution in [2.75, 3.05) is 0 Å². The van der Waals surface area contributed by atoms with Gasteiger partial charge < -0.3 is 9.84 Å². The summed E-state index contributed by atoms with van der Waals surface area (Å²) in [6, 6.07) is 0. The van der Waals surface area contributed by atoms with Crippen molar-refractivity contribution in [3.8, 4) is 0 Å². The van der Waals surface area contributed by atoms with E-state index in [4.69, 9.17) is 9.84 Å². The number of esters is 1. The second kappa shape index (κ2) is 4.25. The van der Waals surface area contributed by atoms with E-state index in [-0.39, 0.29) is 6.10 Å². The molecule has 1 aliphatic carbocycles. The number of carboxylic acids is 1. The highest BCUT2D eigenvalue weighted by Crippen LogP contribution is 2.04. The van der Waals surface area contributed by atoms with Crippen LogP contribution in [0, 0.1) is 0 Å². The molecule has 0 bridgehead atoms. The van der Waals surface area contributed by atoms with Crippen LogP contribution < -0.4 is 0 Å². The van der Waals surface area contributed by atoms with E-state index in [9.17, 15) is 9.59 Å². The Bertz CT molecular complexity index is 287. The average molecular weight is 180 g/mol. The van der Waals surface area contributed by atoms with Gasteiger partial charge in [0.25, 0.3) is 0 Å². The van der Waals surface area contributed by atoms with E-state index in [2.05, 4.69) is 0 Å². The topological polar surface area (TPSA) is 63.6 Å². The molecule has 0 heterocycles. The first kappa shape index (κ1) is 9.25. The summed E-state index contributed by atoms with van der Waals surface area (Å²) < 4.78 is 4.80. The van der Waals surface area contributed by atoms with Crippen LogP contribution in [-0.4, -0.2) is 23.1 Å². The summed E-state index contributed by atoms with van der Waals surface area (Å²) in [6.07, 6.45) is 8.12. The molecule has 0 aliphatic heterocycles. The Hall–Kier alpha value is -1.84. The Balaban J connectivity index is 2.37. The number of hydrogen-bond acceptors (Lipinski definition) is 3. The minimum Gasteiger partial charge on any atom is -0.478 e. The lowest BCUT2D eigenvalue weighted by Crippen LogP contribution is -2.10. The predicted octanol–water partition coefficient (Wildman–Crippen LogP) is 0.665. The van der Waals surface area contributed by atoms with Gasteiger partial charge in [0, 0.05) is 12.2 Å². The summed E-state index contributed by atoms with van der Waals surface area (Å²) in [4.78, 5) is 20.9. The molecular formula is C9H8O4. The minimum absolute atomic E-state index is 0.369. The zero-order valence-electron chi connectivity index (χ0n) is 6.71. The number of carbonyl (C=O) groups is 2. The highest BCUT2D eigenvalue weighted by molar-refractivity contribution is 5.90. The lowest BCUT2D eigenvalue weighted by molar-refractivity contribution is -0.139. The summed E-state index contributed by atoms with van der Waals surface area (Å²) >= 11 is 0. The minimum atomic E-state index is -1.17. The van der Waals surface area contributed by atoms with Crippen molar-refractivity contribution >= 4 is 11.9 Å². The van der Waals surface area contributed by atoms with Gasteiger partial charge in [-0.1, -0.05) is 12.2 Å². The number of carbonyl (C=O) groups excluding carboxylic acids is 1. The molecule has 1 rings (SSSR count). The van der Waals surface area contributed by atoms with E-state index in [0.717, 1.165) is 12.2 Å². The SMILES string of the molecule is O=C(O)/C=C\C(=O)OC1C=CC=C1. The number of aliphatic carboxylic acids is 1. The van der Waals surface area contributed by atoms with Gasteiger partial charge in [-0.15, -0.1) is 0 Å². The summed E-state index contributed by atoms with van der Waals surface area (Å²) in [6.45, 7) is 0. The van der Waals surface area contributed by atoms with Gasteiger partial charge in [-0.2, -0.15) is 0 Å². The van der Waals surface area contributed by atoms with Gasteiger partial charge in [0.05, 0.1) is 0 Å². The van der Waals surface area contributed by atoms with Crippen LogP contribution in [0.4, 0.5) is 0 Å². The Morgan fingerprint density at radius 1 is 1.23 bits per heavy atom. The van der Waals surface area contributed by atoms with Crippen LogP contribution in [0.25, 0.3) is 0 Å². The third-order valence-corrected chi connectivity index (χ3v) is 1.33. The molecule has 1 N–H and O–H groups in total. The van der Waals surface area contributed by atoms with Crippen molar-refractivity contribution in [2.45, 2.75) is 6.10 Å². The third kappa shape index (κ3) is 3.37. The smallest absolute Gasteiger partial charge is 0.331 e. The quantitative estimate of drug-likeness (QED) is 0.512. The summed E-state index contributed by atoms with van der Waals surface area (Å²) in [5.41, 5.74) is 0. The molecule has 0 unspecified atom stereocenters. The molecule has 13 heavy (non-hydrogen) atoms. The molecule has 0 aromatic heterocycles. The van der Waals surface area contributed by atoms with Crippen LogP contribution in [0.15, 0.2) is 36.5 Å². The average Bonchev–Trinajstić information content (AvgIpc) is 2.53. The number of ether oxygens (including phenoxy) is 1. The molecule has 0 spiro atoms. The molecule has 4 nitrogen and oxygen atoms in total. The van der Waals surface area contributed by atoms with Crippen LogP contribution in [0.5, 0.6) is 0 Å². The summed E-state index contributed by atoms with van der Waals surface area (Å²) in [7, 11) is 0. The van der Waals surface area contributed by atoms with Crippen molar-refractivity contribution in [1.29, 1.82) is 0 Å². The van der Waals surface area contributed by atoms with E-state index in [1.807, 2.05) is 0 Å². The van der Waals surface area contributed by atoms with Gasteiger partial charge in [0.1, 0.15) is 6.10 Å². The molecule has 0 aromatic carbocycles. The van der Waals surface area contributed by atoms with E-state index >= 15 is 0 Å². The van der Waals surface area contributed by atoms with Crippen LogP contribution in [0.2, 0.25) is 0 Å². The highest BCUT2D eigenvalue weighted by atomic mass is 16.5. The molecule has 0 fully saturated rings. The van der Waals surface area contributed by atoms with Crippen molar-refractivity contribution in [3.05, 3.63) is 36.5 Å². The molecular weight excluding hydrogens is 172 g/mol. The van der Waals surface area contributed by atoms with Crippen molar-refractivity contribution < 1.29 is 19.4 Å². The number of allylic oxidation sites excluding steroid dienone is 2. The fourth-order valence-corrected chi connectivity index (χ4v) is 0.803. The normalized spacial score (nSPS) is 15.4. The molecule has 4 heteroatoms. The lowest BCUT2D eigenvalue weighted by atomic mass is 10.4. The largest absolute Gasteiger partial charge is 0.478 e. The Labute approximate surface area is 74.8 Å². The van der Waals surface area contributed by atoms with E-state index < -0.39 is 11.9 Å².